The Bertz CT molecular complexity index is 208. The highest BCUT2D eigenvalue weighted by molar-refractivity contribution is 5.85. The molecule has 1 fully saturated rings. The zero-order valence-electron chi connectivity index (χ0n) is 9.76. The lowest BCUT2D eigenvalue weighted by atomic mass is 9.76. The van der Waals surface area contributed by atoms with Crippen molar-refractivity contribution in [3.63, 3.8) is 0 Å². The molecule has 1 rings (SSSR count). The molecule has 0 atom stereocenters. The quantitative estimate of drug-likeness (QED) is 0.372. The summed E-state index contributed by atoms with van der Waals surface area (Å²) in [4.78, 5) is 0. The topological polar surface area (TPSA) is 70.1 Å². The Kier molecular flexibility index (Phi) is 4.58. The van der Waals surface area contributed by atoms with E-state index in [4.69, 9.17) is 11.1 Å². The van der Waals surface area contributed by atoms with Crippen molar-refractivity contribution in [2.45, 2.75) is 63.9 Å². The largest absolute Gasteiger partial charge is 0.385 e. The SMILES string of the molecule is CCCCCC1CCC(O)(C(=N)N)CC1. The van der Waals surface area contributed by atoms with E-state index in [1.54, 1.807) is 0 Å². The minimum absolute atomic E-state index is 0.0468. The minimum Gasteiger partial charge on any atom is -0.385 e. The molecule has 0 amide bonds. The first-order valence-corrected chi connectivity index (χ1v) is 6.15. The predicted molar refractivity (Wildman–Crippen MR) is 63.0 cm³/mol. The van der Waals surface area contributed by atoms with Crippen molar-refractivity contribution >= 4 is 5.84 Å². The van der Waals surface area contributed by atoms with Crippen LogP contribution in [-0.2, 0) is 0 Å². The first-order chi connectivity index (χ1) is 7.08. The molecule has 1 saturated carbocycles. The van der Waals surface area contributed by atoms with Crippen LogP contribution in [0.3, 0.4) is 0 Å². The fourth-order valence-corrected chi connectivity index (χ4v) is 2.40. The number of nitrogens with one attached hydrogen (secondary N) is 1. The summed E-state index contributed by atoms with van der Waals surface area (Å²) >= 11 is 0. The van der Waals surface area contributed by atoms with Crippen LogP contribution in [0, 0.1) is 11.3 Å². The Morgan fingerprint density at radius 3 is 2.47 bits per heavy atom. The van der Waals surface area contributed by atoms with E-state index in [0.29, 0.717) is 12.8 Å². The average Bonchev–Trinajstić information content (AvgIpc) is 2.21. The van der Waals surface area contributed by atoms with E-state index in [0.717, 1.165) is 18.8 Å². The molecule has 0 heterocycles. The molecule has 1 aliphatic carbocycles. The van der Waals surface area contributed by atoms with Gasteiger partial charge in [0, 0.05) is 0 Å². The molecule has 0 aromatic rings. The van der Waals surface area contributed by atoms with Gasteiger partial charge in [-0.25, -0.2) is 0 Å². The molecule has 0 aromatic carbocycles. The van der Waals surface area contributed by atoms with Gasteiger partial charge < -0.3 is 10.8 Å². The number of amidine groups is 1. The first-order valence-electron chi connectivity index (χ1n) is 6.15. The maximum atomic E-state index is 9.99. The van der Waals surface area contributed by atoms with Crippen molar-refractivity contribution in [1.82, 2.24) is 0 Å². The van der Waals surface area contributed by atoms with Crippen LogP contribution in [0.2, 0.25) is 0 Å². The standard InChI is InChI=1S/C12H24N2O/c1-2-3-4-5-10-6-8-12(15,9-7-10)11(13)14/h10,15H,2-9H2,1H3,(H3,13,14). The maximum Gasteiger partial charge on any atom is 0.123 e. The fourth-order valence-electron chi connectivity index (χ4n) is 2.40. The van der Waals surface area contributed by atoms with Gasteiger partial charge in [-0.15, -0.1) is 0 Å². The molecule has 1 aliphatic rings. The minimum atomic E-state index is -0.985. The predicted octanol–water partition coefficient (Wildman–Crippen LogP) is 2.42. The molecule has 3 heteroatoms. The van der Waals surface area contributed by atoms with Crippen LogP contribution in [0.4, 0.5) is 0 Å². The van der Waals surface area contributed by atoms with Crippen LogP contribution in [0.5, 0.6) is 0 Å². The summed E-state index contributed by atoms with van der Waals surface area (Å²) in [6.07, 6.45) is 8.58. The molecular formula is C12H24N2O. The van der Waals surface area contributed by atoms with Gasteiger partial charge in [0.2, 0.25) is 0 Å². The van der Waals surface area contributed by atoms with Gasteiger partial charge in [0.1, 0.15) is 11.4 Å². The number of nitrogens with two attached hydrogens (primary N) is 1. The van der Waals surface area contributed by atoms with Gasteiger partial charge in [-0.3, -0.25) is 5.41 Å². The molecule has 15 heavy (non-hydrogen) atoms. The van der Waals surface area contributed by atoms with Crippen LogP contribution in [0.15, 0.2) is 0 Å². The van der Waals surface area contributed by atoms with E-state index in [9.17, 15) is 5.11 Å². The van der Waals surface area contributed by atoms with Gasteiger partial charge in [0.15, 0.2) is 0 Å². The second-order valence-electron chi connectivity index (χ2n) is 4.88. The maximum absolute atomic E-state index is 9.99. The van der Waals surface area contributed by atoms with Crippen molar-refractivity contribution in [2.75, 3.05) is 0 Å². The molecule has 0 saturated heterocycles. The lowest BCUT2D eigenvalue weighted by Gasteiger charge is -2.35. The Balaban J connectivity index is 2.26. The number of hydrogen-bond donors (Lipinski definition) is 3. The summed E-state index contributed by atoms with van der Waals surface area (Å²) in [5.41, 5.74) is 4.42. The average molecular weight is 212 g/mol. The van der Waals surface area contributed by atoms with Crippen molar-refractivity contribution < 1.29 is 5.11 Å². The molecular weight excluding hydrogens is 188 g/mol. The van der Waals surface area contributed by atoms with Gasteiger partial charge in [-0.1, -0.05) is 32.6 Å². The monoisotopic (exact) mass is 212 g/mol. The molecule has 0 spiro atoms. The third kappa shape index (κ3) is 3.49. The Morgan fingerprint density at radius 1 is 1.40 bits per heavy atom. The van der Waals surface area contributed by atoms with E-state index in [1.807, 2.05) is 0 Å². The first kappa shape index (κ1) is 12.5. The lowest BCUT2D eigenvalue weighted by molar-refractivity contribution is 0.0498. The highest BCUT2D eigenvalue weighted by Crippen LogP contribution is 2.34. The summed E-state index contributed by atoms with van der Waals surface area (Å²) < 4.78 is 0. The zero-order chi connectivity index (χ0) is 11.3. The number of rotatable bonds is 5. The van der Waals surface area contributed by atoms with Crippen LogP contribution in [0.25, 0.3) is 0 Å². The number of unbranched alkanes of at least 4 members (excludes halogenated alkanes) is 2. The summed E-state index contributed by atoms with van der Waals surface area (Å²) in [5.74, 6) is 0.700. The normalized spacial score (nSPS) is 31.5. The van der Waals surface area contributed by atoms with Gasteiger partial charge >= 0.3 is 0 Å². The summed E-state index contributed by atoms with van der Waals surface area (Å²) in [6.45, 7) is 2.22. The highest BCUT2D eigenvalue weighted by Gasteiger charge is 2.35. The molecule has 0 bridgehead atoms. The fraction of sp³-hybridized carbons (Fsp3) is 0.917. The highest BCUT2D eigenvalue weighted by atomic mass is 16.3. The van der Waals surface area contributed by atoms with Crippen LogP contribution < -0.4 is 5.73 Å². The van der Waals surface area contributed by atoms with Gasteiger partial charge in [0.05, 0.1) is 0 Å². The van der Waals surface area contributed by atoms with Crippen molar-refractivity contribution in [3.8, 4) is 0 Å². The second-order valence-corrected chi connectivity index (χ2v) is 4.88. The molecule has 0 aromatic heterocycles. The van der Waals surface area contributed by atoms with Crippen molar-refractivity contribution in [1.29, 1.82) is 5.41 Å². The molecule has 3 nitrogen and oxygen atoms in total. The Labute approximate surface area is 92.6 Å². The lowest BCUT2D eigenvalue weighted by Crippen LogP contribution is -2.46. The van der Waals surface area contributed by atoms with Crippen LogP contribution in [-0.4, -0.2) is 16.5 Å². The molecule has 0 aliphatic heterocycles. The summed E-state index contributed by atoms with van der Waals surface area (Å²) in [7, 11) is 0. The molecule has 0 radical (unpaired) electrons. The molecule has 88 valence electrons. The van der Waals surface area contributed by atoms with E-state index < -0.39 is 5.60 Å². The third-order valence-electron chi connectivity index (χ3n) is 3.65. The van der Waals surface area contributed by atoms with E-state index in [2.05, 4.69) is 6.92 Å². The summed E-state index contributed by atoms with van der Waals surface area (Å²) in [5, 5.41) is 17.3. The molecule has 0 unspecified atom stereocenters. The third-order valence-corrected chi connectivity index (χ3v) is 3.65. The second kappa shape index (κ2) is 5.50. The van der Waals surface area contributed by atoms with Gasteiger partial charge in [-0.2, -0.15) is 0 Å². The van der Waals surface area contributed by atoms with Gasteiger partial charge in [0.25, 0.3) is 0 Å². The zero-order valence-corrected chi connectivity index (χ0v) is 9.76. The van der Waals surface area contributed by atoms with Crippen LogP contribution >= 0.6 is 0 Å². The number of hydrogen-bond acceptors (Lipinski definition) is 2. The van der Waals surface area contributed by atoms with Crippen molar-refractivity contribution in [3.05, 3.63) is 0 Å². The van der Waals surface area contributed by atoms with Crippen molar-refractivity contribution in [2.24, 2.45) is 11.7 Å². The van der Waals surface area contributed by atoms with Crippen LogP contribution in [0.1, 0.15) is 58.3 Å². The Morgan fingerprint density at radius 2 is 2.00 bits per heavy atom. The smallest absolute Gasteiger partial charge is 0.123 e. The van der Waals surface area contributed by atoms with E-state index >= 15 is 0 Å². The van der Waals surface area contributed by atoms with Gasteiger partial charge in [-0.05, 0) is 31.6 Å². The van der Waals surface area contributed by atoms with E-state index in [1.165, 1.54) is 25.7 Å². The number of aliphatic hydroxyl groups is 1. The van der Waals surface area contributed by atoms with E-state index in [-0.39, 0.29) is 5.84 Å². The summed E-state index contributed by atoms with van der Waals surface area (Å²) in [6, 6.07) is 0. The Hall–Kier alpha value is -0.570. The molecule has 4 N–H and O–H groups in total.